The molecule has 0 aliphatic carbocycles. The summed E-state index contributed by atoms with van der Waals surface area (Å²) in [5, 5.41) is 0. The summed E-state index contributed by atoms with van der Waals surface area (Å²) in [4.78, 5) is 63.1. The number of rotatable bonds is 13. The highest BCUT2D eigenvalue weighted by Gasteiger charge is 2.41. The Kier molecular flexibility index (Phi) is 11.3. The number of esters is 2. The third kappa shape index (κ3) is 7.93. The number of carbonyl (C=O) groups is 3. The lowest BCUT2D eigenvalue weighted by atomic mass is 10.1. The summed E-state index contributed by atoms with van der Waals surface area (Å²) in [6.45, 7) is 3.70. The van der Waals surface area contributed by atoms with Gasteiger partial charge in [0.15, 0.2) is 0 Å². The van der Waals surface area contributed by atoms with E-state index < -0.39 is 59.2 Å². The molecular weight excluding hydrogens is 530 g/mol. The lowest BCUT2D eigenvalue weighted by Crippen LogP contribution is -2.46. The molecular formula is C28H34F2N2O8. The summed E-state index contributed by atoms with van der Waals surface area (Å²) in [6, 6.07) is 4.27. The largest absolute Gasteiger partial charge is 0.463 e. The Morgan fingerprint density at radius 2 is 1.68 bits per heavy atom. The highest BCUT2D eigenvalue weighted by atomic mass is 19.1. The molecule has 0 spiro atoms. The monoisotopic (exact) mass is 564 g/mol. The number of benzene rings is 1. The summed E-state index contributed by atoms with van der Waals surface area (Å²) in [5.74, 6) is -4.41. The van der Waals surface area contributed by atoms with Crippen molar-refractivity contribution < 1.29 is 37.4 Å². The van der Waals surface area contributed by atoms with E-state index in [-0.39, 0.29) is 36.0 Å². The van der Waals surface area contributed by atoms with Gasteiger partial charge in [0.2, 0.25) is 5.82 Å². The van der Waals surface area contributed by atoms with Gasteiger partial charge in [0.25, 0.3) is 11.5 Å². The van der Waals surface area contributed by atoms with Gasteiger partial charge >= 0.3 is 17.6 Å². The van der Waals surface area contributed by atoms with Crippen LogP contribution in [0.2, 0.25) is 0 Å². The average molecular weight is 565 g/mol. The number of nitrogens with zero attached hydrogens (tertiary/aromatic N) is 2. The molecule has 40 heavy (non-hydrogen) atoms. The molecule has 1 aromatic heterocycles. The number of hydrogen-bond donors (Lipinski definition) is 0. The maximum absolute atomic E-state index is 14.7. The number of ether oxygens (including phenoxy) is 3. The number of hydrogen-bond acceptors (Lipinski definition) is 8. The minimum absolute atomic E-state index is 0.0559. The van der Waals surface area contributed by atoms with Crippen LogP contribution in [0.5, 0.6) is 0 Å². The third-order valence-corrected chi connectivity index (χ3v) is 6.50. The maximum Gasteiger partial charge on any atom is 0.340 e. The maximum atomic E-state index is 14.7. The lowest BCUT2D eigenvalue weighted by Gasteiger charge is -2.19. The summed E-state index contributed by atoms with van der Waals surface area (Å²) in [5.41, 5.74) is -3.07. The zero-order chi connectivity index (χ0) is 29.2. The van der Waals surface area contributed by atoms with Crippen LogP contribution in [0, 0.1) is 11.6 Å². The summed E-state index contributed by atoms with van der Waals surface area (Å²) < 4.78 is 45.8. The van der Waals surface area contributed by atoms with E-state index >= 15 is 0 Å². The number of halogens is 2. The Morgan fingerprint density at radius 1 is 1.00 bits per heavy atom. The molecule has 0 unspecified atom stereocenters. The lowest BCUT2D eigenvalue weighted by molar-refractivity contribution is -0.158. The molecule has 218 valence electrons. The highest BCUT2D eigenvalue weighted by molar-refractivity contribution is 5.95. The Morgan fingerprint density at radius 3 is 2.33 bits per heavy atom. The normalized spacial score (nSPS) is 18.4. The topological polar surface area (TPSA) is 123 Å². The summed E-state index contributed by atoms with van der Waals surface area (Å²) in [7, 11) is 0. The second-order valence-corrected chi connectivity index (χ2v) is 9.61. The third-order valence-electron chi connectivity index (χ3n) is 6.50. The second-order valence-electron chi connectivity index (χ2n) is 9.61. The minimum Gasteiger partial charge on any atom is -0.463 e. The number of carbonyl (C=O) groups excluding carboxylic acids is 3. The van der Waals surface area contributed by atoms with E-state index in [1.165, 1.54) is 12.1 Å². The van der Waals surface area contributed by atoms with Crippen LogP contribution in [0.25, 0.3) is 0 Å². The molecule has 1 fully saturated rings. The Labute approximate surface area is 229 Å². The first-order valence-electron chi connectivity index (χ1n) is 13.5. The molecule has 0 bridgehead atoms. The Hall–Kier alpha value is -3.67. The van der Waals surface area contributed by atoms with Crippen molar-refractivity contribution in [3.05, 3.63) is 68.5 Å². The van der Waals surface area contributed by atoms with E-state index in [1.807, 2.05) is 13.8 Å². The fraction of sp³-hybridized carbons (Fsp3) is 0.536. The number of unbranched alkanes of at least 4 members (excludes halogenated alkanes) is 4. The van der Waals surface area contributed by atoms with Crippen molar-refractivity contribution in [2.24, 2.45) is 0 Å². The van der Waals surface area contributed by atoms with Gasteiger partial charge in [-0.3, -0.25) is 23.7 Å². The first kappa shape index (κ1) is 30.9. The van der Waals surface area contributed by atoms with E-state index in [4.69, 9.17) is 14.2 Å². The molecule has 12 heteroatoms. The first-order valence-corrected chi connectivity index (χ1v) is 13.5. The quantitative estimate of drug-likeness (QED) is 0.265. The zero-order valence-corrected chi connectivity index (χ0v) is 22.6. The zero-order valence-electron chi connectivity index (χ0n) is 22.6. The fourth-order valence-corrected chi connectivity index (χ4v) is 4.34. The van der Waals surface area contributed by atoms with Gasteiger partial charge in [0.1, 0.15) is 30.9 Å². The SMILES string of the molecule is CCCCCC(=O)OC[C@H]1O[C@@H](n2cc(F)c(=O)n(C(=O)c3cccc(F)c3)c2=O)C[C@@H]1OC(=O)CCCCC. The molecule has 1 aromatic carbocycles. The fourth-order valence-electron chi connectivity index (χ4n) is 4.34. The van der Waals surface area contributed by atoms with Gasteiger partial charge in [-0.1, -0.05) is 45.6 Å². The molecule has 3 rings (SSSR count). The van der Waals surface area contributed by atoms with E-state index in [2.05, 4.69) is 0 Å². The van der Waals surface area contributed by atoms with Crippen molar-refractivity contribution in [2.45, 2.75) is 90.1 Å². The van der Waals surface area contributed by atoms with Crippen molar-refractivity contribution >= 4 is 17.8 Å². The van der Waals surface area contributed by atoms with E-state index in [0.717, 1.165) is 37.8 Å². The molecule has 0 saturated carbocycles. The van der Waals surface area contributed by atoms with Crippen molar-refractivity contribution in [1.82, 2.24) is 9.13 Å². The van der Waals surface area contributed by atoms with Gasteiger partial charge in [0.05, 0.1) is 6.20 Å². The van der Waals surface area contributed by atoms with Gasteiger partial charge in [-0.05, 0) is 31.0 Å². The Balaban J connectivity index is 1.86. The first-order chi connectivity index (χ1) is 19.2. The molecule has 0 amide bonds. The molecule has 1 aliphatic rings. The predicted octanol–water partition coefficient (Wildman–Crippen LogP) is 3.88. The molecule has 10 nitrogen and oxygen atoms in total. The van der Waals surface area contributed by atoms with Crippen molar-refractivity contribution in [2.75, 3.05) is 6.61 Å². The molecule has 2 heterocycles. The molecule has 1 saturated heterocycles. The molecule has 0 radical (unpaired) electrons. The number of aromatic nitrogens is 2. The van der Waals surface area contributed by atoms with Gasteiger partial charge in [-0.2, -0.15) is 8.96 Å². The van der Waals surface area contributed by atoms with Crippen LogP contribution in [0.1, 0.15) is 88.2 Å². The predicted molar refractivity (Wildman–Crippen MR) is 139 cm³/mol. The van der Waals surface area contributed by atoms with Crippen molar-refractivity contribution in [3.8, 4) is 0 Å². The smallest absolute Gasteiger partial charge is 0.340 e. The summed E-state index contributed by atoms with van der Waals surface area (Å²) in [6.07, 6.45) is 2.39. The average Bonchev–Trinajstić information content (AvgIpc) is 3.31. The molecule has 3 atom stereocenters. The summed E-state index contributed by atoms with van der Waals surface area (Å²) >= 11 is 0. The minimum atomic E-state index is -1.51. The molecule has 0 N–H and O–H groups in total. The van der Waals surface area contributed by atoms with Crippen LogP contribution in [-0.2, 0) is 23.8 Å². The van der Waals surface area contributed by atoms with Crippen LogP contribution in [-0.4, -0.2) is 45.8 Å². The van der Waals surface area contributed by atoms with Gasteiger partial charge < -0.3 is 14.2 Å². The highest BCUT2D eigenvalue weighted by Crippen LogP contribution is 2.31. The molecule has 1 aliphatic heterocycles. The van der Waals surface area contributed by atoms with Crippen LogP contribution in [0.4, 0.5) is 8.78 Å². The van der Waals surface area contributed by atoms with Crippen LogP contribution in [0.15, 0.2) is 40.1 Å². The second kappa shape index (κ2) is 14.6. The van der Waals surface area contributed by atoms with Gasteiger partial charge in [-0.15, -0.1) is 0 Å². The van der Waals surface area contributed by atoms with Gasteiger partial charge in [-0.25, -0.2) is 9.18 Å². The Bertz CT molecular complexity index is 1320. The van der Waals surface area contributed by atoms with E-state index in [0.29, 0.717) is 23.6 Å². The van der Waals surface area contributed by atoms with Crippen LogP contribution < -0.4 is 11.2 Å². The van der Waals surface area contributed by atoms with Gasteiger partial charge in [0, 0.05) is 24.8 Å². The van der Waals surface area contributed by atoms with E-state index in [1.54, 1.807) is 0 Å². The van der Waals surface area contributed by atoms with Crippen molar-refractivity contribution in [1.29, 1.82) is 0 Å². The van der Waals surface area contributed by atoms with Crippen LogP contribution >= 0.6 is 0 Å². The van der Waals surface area contributed by atoms with E-state index in [9.17, 15) is 32.8 Å². The van der Waals surface area contributed by atoms with Crippen molar-refractivity contribution in [3.63, 3.8) is 0 Å². The standard InChI is InChI=1S/C28H34F2N2O8/c1-3-5-7-12-24(33)38-17-22-21(40-25(34)13-8-6-4-2)15-23(39-22)31-16-20(30)27(36)32(28(31)37)26(35)18-10-9-11-19(29)14-18/h9-11,14,16,21-23H,3-8,12-13,15,17H2,1-2H3/t21-,22+,23+/m0/s1. The molecule has 2 aromatic rings. The van der Waals surface area contributed by atoms with Crippen LogP contribution in [0.3, 0.4) is 0 Å².